The molecule has 0 unspecified atom stereocenters. The van der Waals surface area contributed by atoms with Crippen molar-refractivity contribution in [3.05, 3.63) is 48.0 Å². The Morgan fingerprint density at radius 2 is 1.50 bits per heavy atom. The number of phenols is 1. The van der Waals surface area contributed by atoms with Crippen molar-refractivity contribution >= 4 is 10.1 Å². The van der Waals surface area contributed by atoms with Crippen LogP contribution in [0.2, 0.25) is 0 Å². The summed E-state index contributed by atoms with van der Waals surface area (Å²) >= 11 is 0. The van der Waals surface area contributed by atoms with Crippen LogP contribution >= 0.6 is 0 Å². The number of hydrogen-bond acceptors (Lipinski definition) is 4. The van der Waals surface area contributed by atoms with Crippen molar-refractivity contribution < 1.29 is 22.8 Å². The zero-order valence-corrected chi connectivity index (χ0v) is 17.2. The quantitative estimate of drug-likeness (QED) is 0.328. The number of hydrogen-bond donors (Lipinski definition) is 2. The summed E-state index contributed by atoms with van der Waals surface area (Å²) in [6.07, 6.45) is 10.8. The topological polar surface area (TPSA) is 83.8 Å². The van der Waals surface area contributed by atoms with Gasteiger partial charge in [0.25, 0.3) is 10.1 Å². The molecule has 0 bridgehead atoms. The first-order valence-electron chi connectivity index (χ1n) is 9.98. The number of rotatable bonds is 12. The molecule has 154 valence electrons. The molecule has 0 aliphatic carbocycles. The van der Waals surface area contributed by atoms with E-state index in [2.05, 4.69) is 6.92 Å². The van der Waals surface area contributed by atoms with Crippen LogP contribution < -0.4 is 4.74 Å². The normalized spacial score (nSPS) is 11.5. The van der Waals surface area contributed by atoms with Gasteiger partial charge < -0.3 is 9.84 Å². The first-order chi connectivity index (χ1) is 13.4. The van der Waals surface area contributed by atoms with Crippen LogP contribution in [0.3, 0.4) is 0 Å². The third-order valence-electron chi connectivity index (χ3n) is 4.72. The van der Waals surface area contributed by atoms with Gasteiger partial charge in [-0.1, -0.05) is 70.1 Å². The minimum Gasteiger partial charge on any atom is -0.504 e. The van der Waals surface area contributed by atoms with Gasteiger partial charge in [-0.05, 0) is 36.6 Å². The number of aryl methyl sites for hydroxylation is 1. The van der Waals surface area contributed by atoms with E-state index in [4.69, 9.17) is 4.74 Å². The second-order valence-electron chi connectivity index (χ2n) is 7.04. The fourth-order valence-electron chi connectivity index (χ4n) is 3.11. The van der Waals surface area contributed by atoms with E-state index < -0.39 is 10.1 Å². The summed E-state index contributed by atoms with van der Waals surface area (Å²) in [5.41, 5.74) is 1.00. The summed E-state index contributed by atoms with van der Waals surface area (Å²) in [5, 5.41) is 9.99. The van der Waals surface area contributed by atoms with Crippen LogP contribution in [-0.4, -0.2) is 18.1 Å². The van der Waals surface area contributed by atoms with Gasteiger partial charge in [0, 0.05) is 6.07 Å². The molecule has 0 atom stereocenters. The molecule has 0 amide bonds. The maximum Gasteiger partial charge on any atom is 0.294 e. The number of phenolic OH excluding ortho intramolecular Hbond substituents is 1. The molecule has 0 radical (unpaired) electrons. The Morgan fingerprint density at radius 3 is 2.18 bits per heavy atom. The lowest BCUT2D eigenvalue weighted by atomic mass is 10.0. The molecule has 5 nitrogen and oxygen atoms in total. The van der Waals surface area contributed by atoms with E-state index in [1.165, 1.54) is 44.6 Å². The summed E-state index contributed by atoms with van der Waals surface area (Å²) in [7, 11) is -4.36. The van der Waals surface area contributed by atoms with E-state index in [0.717, 1.165) is 37.0 Å². The highest BCUT2D eigenvalue weighted by atomic mass is 32.2. The molecule has 2 aromatic carbocycles. The average Bonchev–Trinajstić information content (AvgIpc) is 2.66. The third-order valence-corrected chi connectivity index (χ3v) is 5.57. The Morgan fingerprint density at radius 1 is 0.857 bits per heavy atom. The average molecular weight is 407 g/mol. The van der Waals surface area contributed by atoms with E-state index in [1.807, 2.05) is 18.2 Å². The maximum atomic E-state index is 11.3. The molecule has 2 N–H and O–H groups in total. The summed E-state index contributed by atoms with van der Waals surface area (Å²) in [4.78, 5) is -0.319. The number of benzene rings is 2. The standard InChI is InChI=1S/C22H30O5S/c1-2-3-4-5-6-7-8-9-12-18-13-10-11-14-21(18)27-22-17-19(28(24,25)26)15-16-20(22)23/h10-11,13-17,23H,2-9,12H2,1H3,(H,24,25,26). The number of aromatic hydroxyl groups is 1. The largest absolute Gasteiger partial charge is 0.504 e. The van der Waals surface area contributed by atoms with Gasteiger partial charge in [0.1, 0.15) is 5.75 Å². The summed E-state index contributed by atoms with van der Waals surface area (Å²) < 4.78 is 37.6. The molecule has 2 rings (SSSR count). The van der Waals surface area contributed by atoms with Gasteiger partial charge in [0.15, 0.2) is 11.5 Å². The molecule has 6 heteroatoms. The highest BCUT2D eigenvalue weighted by Crippen LogP contribution is 2.34. The minimum absolute atomic E-state index is 0.00139. The second kappa shape index (κ2) is 11.1. The first kappa shape index (κ1) is 22.2. The number of ether oxygens (including phenoxy) is 1. The molecule has 0 aliphatic heterocycles. The lowest BCUT2D eigenvalue weighted by molar-refractivity contribution is 0.406. The van der Waals surface area contributed by atoms with E-state index in [1.54, 1.807) is 6.07 Å². The number of unbranched alkanes of at least 4 members (excludes halogenated alkanes) is 7. The monoisotopic (exact) mass is 406 g/mol. The van der Waals surface area contributed by atoms with Crippen molar-refractivity contribution in [2.45, 2.75) is 69.6 Å². The van der Waals surface area contributed by atoms with Crippen LogP contribution in [0.15, 0.2) is 47.4 Å². The zero-order chi connectivity index (χ0) is 20.4. The van der Waals surface area contributed by atoms with E-state index in [9.17, 15) is 18.1 Å². The highest BCUT2D eigenvalue weighted by molar-refractivity contribution is 7.85. The van der Waals surface area contributed by atoms with Crippen LogP contribution in [0.5, 0.6) is 17.2 Å². The first-order valence-corrected chi connectivity index (χ1v) is 11.4. The molecular weight excluding hydrogens is 376 g/mol. The van der Waals surface area contributed by atoms with Crippen molar-refractivity contribution in [1.29, 1.82) is 0 Å². The van der Waals surface area contributed by atoms with Gasteiger partial charge in [-0.15, -0.1) is 0 Å². The van der Waals surface area contributed by atoms with E-state index in [0.29, 0.717) is 5.75 Å². The minimum atomic E-state index is -4.36. The highest BCUT2D eigenvalue weighted by Gasteiger charge is 2.15. The summed E-state index contributed by atoms with van der Waals surface area (Å²) in [6.45, 7) is 2.22. The second-order valence-corrected chi connectivity index (χ2v) is 8.46. The smallest absolute Gasteiger partial charge is 0.294 e. The Bertz CT molecular complexity index is 846. The van der Waals surface area contributed by atoms with Crippen molar-refractivity contribution in [3.63, 3.8) is 0 Å². The molecule has 0 aliphatic rings. The summed E-state index contributed by atoms with van der Waals surface area (Å²) in [6, 6.07) is 11.0. The van der Waals surface area contributed by atoms with E-state index >= 15 is 0 Å². The van der Waals surface area contributed by atoms with Crippen LogP contribution in [0.4, 0.5) is 0 Å². The van der Waals surface area contributed by atoms with Crippen molar-refractivity contribution in [1.82, 2.24) is 0 Å². The molecule has 0 aromatic heterocycles. The molecule has 0 heterocycles. The Labute approximate surface area is 168 Å². The van der Waals surface area contributed by atoms with Crippen molar-refractivity contribution in [3.8, 4) is 17.2 Å². The molecule has 2 aromatic rings. The molecule has 0 fully saturated rings. The predicted molar refractivity (Wildman–Crippen MR) is 111 cm³/mol. The third kappa shape index (κ3) is 7.17. The van der Waals surface area contributed by atoms with Crippen molar-refractivity contribution in [2.75, 3.05) is 0 Å². The van der Waals surface area contributed by atoms with Crippen molar-refractivity contribution in [2.24, 2.45) is 0 Å². The van der Waals surface area contributed by atoms with Crippen LogP contribution in [0.1, 0.15) is 63.9 Å². The fraction of sp³-hybridized carbons (Fsp3) is 0.455. The summed E-state index contributed by atoms with van der Waals surface area (Å²) in [5.74, 6) is 0.390. The van der Waals surface area contributed by atoms with Crippen LogP contribution in [0.25, 0.3) is 0 Å². The maximum absolute atomic E-state index is 11.3. The fourth-order valence-corrected chi connectivity index (χ4v) is 3.61. The predicted octanol–water partition coefficient (Wildman–Crippen LogP) is 6.11. The van der Waals surface area contributed by atoms with Gasteiger partial charge in [-0.2, -0.15) is 8.42 Å². The Kier molecular flexibility index (Phi) is 8.80. The van der Waals surface area contributed by atoms with Gasteiger partial charge in [-0.3, -0.25) is 4.55 Å². The Balaban J connectivity index is 1.95. The molecule has 0 saturated heterocycles. The van der Waals surface area contributed by atoms with Gasteiger partial charge >= 0.3 is 0 Å². The van der Waals surface area contributed by atoms with Gasteiger partial charge in [0.2, 0.25) is 0 Å². The van der Waals surface area contributed by atoms with E-state index in [-0.39, 0.29) is 16.4 Å². The van der Waals surface area contributed by atoms with Gasteiger partial charge in [-0.25, -0.2) is 0 Å². The molecule has 0 spiro atoms. The molecular formula is C22H30O5S. The molecule has 0 saturated carbocycles. The molecule has 28 heavy (non-hydrogen) atoms. The van der Waals surface area contributed by atoms with Crippen LogP contribution in [0, 0.1) is 0 Å². The Hall–Kier alpha value is -2.05. The van der Waals surface area contributed by atoms with Crippen LogP contribution in [-0.2, 0) is 16.5 Å². The SMILES string of the molecule is CCCCCCCCCCc1ccccc1Oc1cc(S(=O)(=O)O)ccc1O. The lowest BCUT2D eigenvalue weighted by Gasteiger charge is -2.13. The lowest BCUT2D eigenvalue weighted by Crippen LogP contribution is -1.99. The number of para-hydroxylation sites is 1. The zero-order valence-electron chi connectivity index (χ0n) is 16.4. The van der Waals surface area contributed by atoms with Gasteiger partial charge in [0.05, 0.1) is 4.90 Å².